The highest BCUT2D eigenvalue weighted by atomic mass is 16.5. The van der Waals surface area contributed by atoms with E-state index in [1.807, 2.05) is 13.8 Å². The van der Waals surface area contributed by atoms with E-state index < -0.39 is 5.97 Å². The lowest BCUT2D eigenvalue weighted by Gasteiger charge is -2.17. The summed E-state index contributed by atoms with van der Waals surface area (Å²) in [7, 11) is 0. The van der Waals surface area contributed by atoms with Crippen LogP contribution < -0.4 is 5.32 Å². The number of aryl methyl sites for hydroxylation is 1. The van der Waals surface area contributed by atoms with E-state index in [9.17, 15) is 9.59 Å². The van der Waals surface area contributed by atoms with Crippen molar-refractivity contribution in [2.45, 2.75) is 33.6 Å². The molecule has 1 rings (SSSR count). The molecule has 0 fully saturated rings. The van der Waals surface area contributed by atoms with E-state index in [-0.39, 0.29) is 18.2 Å². The van der Waals surface area contributed by atoms with Gasteiger partial charge in [0.05, 0.1) is 6.20 Å². The fraction of sp³-hybridized carbons (Fsp3) is 0.615. The van der Waals surface area contributed by atoms with Crippen LogP contribution in [0.2, 0.25) is 0 Å². The van der Waals surface area contributed by atoms with Crippen molar-refractivity contribution in [1.29, 1.82) is 0 Å². The number of hydrogen-bond donors (Lipinski definition) is 2. The Morgan fingerprint density at radius 3 is 2.63 bits per heavy atom. The first-order valence-electron chi connectivity index (χ1n) is 6.31. The molecule has 0 saturated heterocycles. The first kappa shape index (κ1) is 15.2. The van der Waals surface area contributed by atoms with Gasteiger partial charge in [-0.2, -0.15) is 0 Å². The number of carboxylic acid groups (broad SMARTS) is 1. The van der Waals surface area contributed by atoms with Gasteiger partial charge < -0.3 is 14.9 Å². The molecular weight excluding hydrogens is 248 g/mol. The van der Waals surface area contributed by atoms with Gasteiger partial charge in [-0.1, -0.05) is 19.0 Å². The van der Waals surface area contributed by atoms with Crippen LogP contribution in [0.15, 0.2) is 10.7 Å². The molecule has 1 aromatic rings. The highest BCUT2D eigenvalue weighted by Crippen LogP contribution is 2.15. The fourth-order valence-corrected chi connectivity index (χ4v) is 2.00. The van der Waals surface area contributed by atoms with Crippen LogP contribution in [-0.4, -0.2) is 28.7 Å². The quantitative estimate of drug-likeness (QED) is 0.787. The van der Waals surface area contributed by atoms with Crippen molar-refractivity contribution < 1.29 is 19.2 Å². The molecule has 0 radical (unpaired) electrons. The molecule has 106 valence electrons. The summed E-state index contributed by atoms with van der Waals surface area (Å²) in [5.74, 6) is -0.352. The lowest BCUT2D eigenvalue weighted by Crippen LogP contribution is -2.31. The number of nitrogens with zero attached hydrogens (tertiary/aromatic N) is 1. The molecule has 0 aliphatic rings. The molecule has 0 spiro atoms. The number of carbonyl (C=O) groups is 2. The maximum atomic E-state index is 11.8. The molecule has 0 unspecified atom stereocenters. The fourth-order valence-electron chi connectivity index (χ4n) is 2.00. The van der Waals surface area contributed by atoms with Gasteiger partial charge in [0, 0.05) is 13.0 Å². The zero-order chi connectivity index (χ0) is 14.4. The monoisotopic (exact) mass is 268 g/mol. The van der Waals surface area contributed by atoms with Crippen LogP contribution in [0.1, 0.15) is 42.8 Å². The van der Waals surface area contributed by atoms with Crippen LogP contribution in [0, 0.1) is 18.8 Å². The topological polar surface area (TPSA) is 92.4 Å². The zero-order valence-corrected chi connectivity index (χ0v) is 11.5. The van der Waals surface area contributed by atoms with Crippen LogP contribution in [0.4, 0.5) is 0 Å². The molecule has 0 aliphatic heterocycles. The third kappa shape index (κ3) is 5.11. The molecule has 19 heavy (non-hydrogen) atoms. The summed E-state index contributed by atoms with van der Waals surface area (Å²) in [5, 5.41) is 15.1. The van der Waals surface area contributed by atoms with E-state index in [2.05, 4.69) is 10.5 Å². The molecule has 0 bridgehead atoms. The van der Waals surface area contributed by atoms with Gasteiger partial charge in [0.2, 0.25) is 0 Å². The first-order valence-corrected chi connectivity index (χ1v) is 6.31. The van der Waals surface area contributed by atoms with E-state index >= 15 is 0 Å². The van der Waals surface area contributed by atoms with Gasteiger partial charge >= 0.3 is 5.97 Å². The third-order valence-electron chi connectivity index (χ3n) is 2.81. The van der Waals surface area contributed by atoms with Gasteiger partial charge in [-0.15, -0.1) is 0 Å². The number of amides is 1. The van der Waals surface area contributed by atoms with Crippen molar-refractivity contribution >= 4 is 11.9 Å². The summed E-state index contributed by atoms with van der Waals surface area (Å²) >= 11 is 0. The summed E-state index contributed by atoms with van der Waals surface area (Å²) < 4.78 is 4.82. The summed E-state index contributed by atoms with van der Waals surface area (Å²) in [6, 6.07) is 0. The smallest absolute Gasteiger partial charge is 0.303 e. The molecule has 6 nitrogen and oxygen atoms in total. The molecule has 0 aromatic carbocycles. The predicted molar refractivity (Wildman–Crippen MR) is 68.8 cm³/mol. The lowest BCUT2D eigenvalue weighted by atomic mass is 9.94. The highest BCUT2D eigenvalue weighted by Gasteiger charge is 2.18. The number of aromatic nitrogens is 1. The van der Waals surface area contributed by atoms with Gasteiger partial charge in [0.1, 0.15) is 11.3 Å². The van der Waals surface area contributed by atoms with E-state index in [0.29, 0.717) is 23.8 Å². The molecule has 0 saturated carbocycles. The Morgan fingerprint density at radius 2 is 2.16 bits per heavy atom. The molecule has 1 atom stereocenters. The normalized spacial score (nSPS) is 12.4. The van der Waals surface area contributed by atoms with Crippen molar-refractivity contribution in [2.24, 2.45) is 11.8 Å². The second-order valence-electron chi connectivity index (χ2n) is 5.10. The number of nitrogens with one attached hydrogen (secondary N) is 1. The van der Waals surface area contributed by atoms with E-state index in [1.54, 1.807) is 6.92 Å². The average Bonchev–Trinajstić information content (AvgIpc) is 2.70. The van der Waals surface area contributed by atoms with Crippen LogP contribution in [0.5, 0.6) is 0 Å². The Kier molecular flexibility index (Phi) is 5.54. The van der Waals surface area contributed by atoms with Crippen molar-refractivity contribution in [2.75, 3.05) is 6.54 Å². The van der Waals surface area contributed by atoms with Gasteiger partial charge in [-0.05, 0) is 25.2 Å². The minimum atomic E-state index is -0.846. The number of carboxylic acids is 1. The second-order valence-corrected chi connectivity index (χ2v) is 5.10. The minimum Gasteiger partial charge on any atom is -0.481 e. The Bertz CT molecular complexity index is 440. The molecule has 1 aromatic heterocycles. The zero-order valence-electron chi connectivity index (χ0n) is 11.5. The highest BCUT2D eigenvalue weighted by molar-refractivity contribution is 5.94. The van der Waals surface area contributed by atoms with Crippen LogP contribution in [0.25, 0.3) is 0 Å². The van der Waals surface area contributed by atoms with Gasteiger partial charge in [0.15, 0.2) is 0 Å². The summed E-state index contributed by atoms with van der Waals surface area (Å²) in [5.41, 5.74) is 0.388. The van der Waals surface area contributed by atoms with Gasteiger partial charge in [0.25, 0.3) is 5.91 Å². The maximum absolute atomic E-state index is 11.8. The lowest BCUT2D eigenvalue weighted by molar-refractivity contribution is -0.138. The maximum Gasteiger partial charge on any atom is 0.303 e. The predicted octanol–water partition coefficient (Wildman–Crippen LogP) is 1.85. The summed E-state index contributed by atoms with van der Waals surface area (Å²) in [6.45, 7) is 6.06. The first-order chi connectivity index (χ1) is 8.90. The third-order valence-corrected chi connectivity index (χ3v) is 2.81. The average molecular weight is 268 g/mol. The second kappa shape index (κ2) is 6.92. The number of carbonyl (C=O) groups excluding carboxylic acids is 1. The van der Waals surface area contributed by atoms with Crippen molar-refractivity contribution in [3.63, 3.8) is 0 Å². The molecule has 1 amide bonds. The van der Waals surface area contributed by atoms with Crippen molar-refractivity contribution in [3.8, 4) is 0 Å². The van der Waals surface area contributed by atoms with Crippen molar-refractivity contribution in [3.05, 3.63) is 17.5 Å². The summed E-state index contributed by atoms with van der Waals surface area (Å²) in [6.07, 6.45) is 2.18. The molecular formula is C13H20N2O4. The molecule has 1 heterocycles. The summed E-state index contributed by atoms with van der Waals surface area (Å²) in [4.78, 5) is 22.6. The Morgan fingerprint density at radius 1 is 1.47 bits per heavy atom. The van der Waals surface area contributed by atoms with Gasteiger partial charge in [-0.3, -0.25) is 9.59 Å². The standard InChI is InChI=1S/C13H20N2O4/c1-8(2)4-10(5-12(16)17)6-14-13(18)11-7-15-19-9(11)3/h7-8,10H,4-6H2,1-3H3,(H,14,18)(H,16,17)/t10-/m0/s1. The van der Waals surface area contributed by atoms with Crippen molar-refractivity contribution in [1.82, 2.24) is 10.5 Å². The van der Waals surface area contributed by atoms with Crippen LogP contribution in [0.3, 0.4) is 0 Å². The molecule has 6 heteroatoms. The largest absolute Gasteiger partial charge is 0.481 e. The van der Waals surface area contributed by atoms with E-state index in [1.165, 1.54) is 6.20 Å². The van der Waals surface area contributed by atoms with Crippen LogP contribution >= 0.6 is 0 Å². The Balaban J connectivity index is 2.53. The number of hydrogen-bond acceptors (Lipinski definition) is 4. The SMILES string of the molecule is Cc1oncc1C(=O)NC[C@H](CC(=O)O)CC(C)C. The van der Waals surface area contributed by atoms with Gasteiger partial charge in [-0.25, -0.2) is 0 Å². The minimum absolute atomic E-state index is 0.0566. The van der Waals surface area contributed by atoms with E-state index in [0.717, 1.165) is 6.42 Å². The van der Waals surface area contributed by atoms with Crippen LogP contribution in [-0.2, 0) is 4.79 Å². The number of rotatable bonds is 7. The molecule has 0 aliphatic carbocycles. The Labute approximate surface area is 112 Å². The Hall–Kier alpha value is -1.85. The molecule has 2 N–H and O–H groups in total. The number of aliphatic carboxylic acids is 1. The van der Waals surface area contributed by atoms with E-state index in [4.69, 9.17) is 9.63 Å².